The summed E-state index contributed by atoms with van der Waals surface area (Å²) >= 11 is 0. The molecule has 0 aromatic heterocycles. The maximum absolute atomic E-state index is 12.5. The van der Waals surface area contributed by atoms with Gasteiger partial charge in [-0.05, 0) is 43.2 Å². The van der Waals surface area contributed by atoms with Crippen LogP contribution in [0.5, 0.6) is 11.5 Å². The van der Waals surface area contributed by atoms with Gasteiger partial charge in [-0.2, -0.15) is 0 Å². The fraction of sp³-hybridized carbons (Fsp3) is 0.143. The summed E-state index contributed by atoms with van der Waals surface area (Å²) in [7, 11) is -3.70. The molecule has 2 rings (SSSR count). The Labute approximate surface area is 111 Å². The molecule has 100 valence electrons. The van der Waals surface area contributed by atoms with Crippen molar-refractivity contribution >= 4 is 9.84 Å². The van der Waals surface area contributed by atoms with Gasteiger partial charge < -0.3 is 10.2 Å². The van der Waals surface area contributed by atoms with Crippen LogP contribution in [-0.2, 0) is 9.84 Å². The smallest absolute Gasteiger partial charge is 0.207 e. The summed E-state index contributed by atoms with van der Waals surface area (Å²) in [6.07, 6.45) is 0. The minimum atomic E-state index is -3.70. The topological polar surface area (TPSA) is 74.6 Å². The number of sulfone groups is 1. The van der Waals surface area contributed by atoms with Crippen LogP contribution < -0.4 is 0 Å². The molecule has 0 saturated heterocycles. The minimum absolute atomic E-state index is 0.00611. The first-order chi connectivity index (χ1) is 8.82. The zero-order valence-corrected chi connectivity index (χ0v) is 11.4. The fourth-order valence-corrected chi connectivity index (χ4v) is 3.46. The first-order valence-electron chi connectivity index (χ1n) is 5.66. The molecule has 0 spiro atoms. The Kier molecular flexibility index (Phi) is 3.24. The van der Waals surface area contributed by atoms with Gasteiger partial charge in [-0.3, -0.25) is 0 Å². The molecule has 0 aliphatic carbocycles. The predicted molar refractivity (Wildman–Crippen MR) is 71.1 cm³/mol. The second-order valence-corrected chi connectivity index (χ2v) is 6.34. The number of hydrogen-bond donors (Lipinski definition) is 2. The quantitative estimate of drug-likeness (QED) is 0.828. The highest BCUT2D eigenvalue weighted by Crippen LogP contribution is 2.33. The second-order valence-electron chi connectivity index (χ2n) is 4.43. The van der Waals surface area contributed by atoms with Crippen LogP contribution in [0.15, 0.2) is 46.2 Å². The Morgan fingerprint density at radius 1 is 0.947 bits per heavy atom. The van der Waals surface area contributed by atoms with Crippen LogP contribution in [0.1, 0.15) is 11.1 Å². The molecule has 0 saturated carbocycles. The van der Waals surface area contributed by atoms with Gasteiger partial charge >= 0.3 is 0 Å². The number of hydrogen-bond acceptors (Lipinski definition) is 4. The molecule has 0 radical (unpaired) electrons. The Morgan fingerprint density at radius 3 is 2.21 bits per heavy atom. The lowest BCUT2D eigenvalue weighted by Crippen LogP contribution is -2.04. The van der Waals surface area contributed by atoms with Gasteiger partial charge in [-0.1, -0.05) is 12.1 Å². The molecule has 0 amide bonds. The van der Waals surface area contributed by atoms with Crippen molar-refractivity contribution in [3.63, 3.8) is 0 Å². The Hall–Kier alpha value is -2.01. The number of aryl methyl sites for hydroxylation is 2. The molecule has 0 aliphatic heterocycles. The molecule has 0 unspecified atom stereocenters. The monoisotopic (exact) mass is 278 g/mol. The van der Waals surface area contributed by atoms with Gasteiger partial charge in [0.05, 0.1) is 9.79 Å². The first-order valence-corrected chi connectivity index (χ1v) is 7.15. The third-order valence-corrected chi connectivity index (χ3v) is 4.75. The van der Waals surface area contributed by atoms with Crippen LogP contribution in [0.3, 0.4) is 0 Å². The van der Waals surface area contributed by atoms with E-state index in [1.165, 1.54) is 12.1 Å². The van der Waals surface area contributed by atoms with Crippen molar-refractivity contribution in [1.29, 1.82) is 0 Å². The summed E-state index contributed by atoms with van der Waals surface area (Å²) in [5.41, 5.74) is 1.22. The number of aromatic hydroxyl groups is 2. The second kappa shape index (κ2) is 4.59. The standard InChI is InChI=1S/C14H14O4S/c1-9-4-3-5-11(6-9)19(17,18)14-8-13(16)12(15)7-10(14)2/h3-8,15-16H,1-2H3. The van der Waals surface area contributed by atoms with Crippen molar-refractivity contribution in [3.05, 3.63) is 47.5 Å². The van der Waals surface area contributed by atoms with Gasteiger partial charge in [0.25, 0.3) is 0 Å². The van der Waals surface area contributed by atoms with E-state index < -0.39 is 15.6 Å². The predicted octanol–water partition coefficient (Wildman–Crippen LogP) is 2.55. The Bertz CT molecular complexity index is 733. The average molecular weight is 278 g/mol. The lowest BCUT2D eigenvalue weighted by atomic mass is 10.2. The number of rotatable bonds is 2. The van der Waals surface area contributed by atoms with Crippen LogP contribution >= 0.6 is 0 Å². The summed E-state index contributed by atoms with van der Waals surface area (Å²) in [6, 6.07) is 8.85. The van der Waals surface area contributed by atoms with Crippen molar-refractivity contribution in [2.24, 2.45) is 0 Å². The van der Waals surface area contributed by atoms with Gasteiger partial charge in [-0.15, -0.1) is 0 Å². The molecule has 2 N–H and O–H groups in total. The molecule has 5 heteroatoms. The van der Waals surface area contributed by atoms with E-state index >= 15 is 0 Å². The number of phenolic OH excluding ortho intramolecular Hbond substituents is 2. The van der Waals surface area contributed by atoms with Crippen LogP contribution in [0.2, 0.25) is 0 Å². The summed E-state index contributed by atoms with van der Waals surface area (Å²) in [6.45, 7) is 3.38. The lowest BCUT2D eigenvalue weighted by molar-refractivity contribution is 0.401. The zero-order chi connectivity index (χ0) is 14.2. The van der Waals surface area contributed by atoms with E-state index in [0.29, 0.717) is 5.56 Å². The van der Waals surface area contributed by atoms with Crippen molar-refractivity contribution in [2.75, 3.05) is 0 Å². The van der Waals surface area contributed by atoms with Crippen LogP contribution in [0.25, 0.3) is 0 Å². The highest BCUT2D eigenvalue weighted by Gasteiger charge is 2.21. The van der Waals surface area contributed by atoms with E-state index in [2.05, 4.69) is 0 Å². The van der Waals surface area contributed by atoms with Crippen molar-refractivity contribution in [2.45, 2.75) is 23.6 Å². The maximum Gasteiger partial charge on any atom is 0.207 e. The molecular weight excluding hydrogens is 264 g/mol. The Balaban J connectivity index is 2.67. The van der Waals surface area contributed by atoms with E-state index in [1.807, 2.05) is 0 Å². The third kappa shape index (κ3) is 2.42. The van der Waals surface area contributed by atoms with Gasteiger partial charge in [0, 0.05) is 6.07 Å². The third-order valence-electron chi connectivity index (χ3n) is 2.86. The lowest BCUT2D eigenvalue weighted by Gasteiger charge is -2.10. The molecular formula is C14H14O4S. The SMILES string of the molecule is Cc1cccc(S(=O)(=O)c2cc(O)c(O)cc2C)c1. The van der Waals surface area contributed by atoms with E-state index in [1.54, 1.807) is 32.0 Å². The molecule has 2 aromatic rings. The van der Waals surface area contributed by atoms with E-state index in [9.17, 15) is 18.6 Å². The van der Waals surface area contributed by atoms with E-state index in [0.717, 1.165) is 11.6 Å². The van der Waals surface area contributed by atoms with E-state index in [4.69, 9.17) is 0 Å². The van der Waals surface area contributed by atoms with Gasteiger partial charge in [0.15, 0.2) is 11.5 Å². The van der Waals surface area contributed by atoms with Gasteiger partial charge in [0.1, 0.15) is 0 Å². The summed E-state index contributed by atoms with van der Waals surface area (Å²) in [5, 5.41) is 18.8. The largest absolute Gasteiger partial charge is 0.504 e. The molecule has 2 aromatic carbocycles. The van der Waals surface area contributed by atoms with Crippen LogP contribution in [0.4, 0.5) is 0 Å². The highest BCUT2D eigenvalue weighted by atomic mass is 32.2. The van der Waals surface area contributed by atoms with Crippen molar-refractivity contribution < 1.29 is 18.6 Å². The van der Waals surface area contributed by atoms with Gasteiger partial charge in [-0.25, -0.2) is 8.42 Å². The summed E-state index contributed by atoms with van der Waals surface area (Å²) < 4.78 is 25.0. The van der Waals surface area contributed by atoms with Gasteiger partial charge in [0.2, 0.25) is 9.84 Å². The van der Waals surface area contributed by atoms with E-state index in [-0.39, 0.29) is 15.5 Å². The van der Waals surface area contributed by atoms with Crippen molar-refractivity contribution in [1.82, 2.24) is 0 Å². The Morgan fingerprint density at radius 2 is 1.58 bits per heavy atom. The molecule has 19 heavy (non-hydrogen) atoms. The molecule has 0 fully saturated rings. The van der Waals surface area contributed by atoms with Crippen LogP contribution in [0, 0.1) is 13.8 Å². The zero-order valence-electron chi connectivity index (χ0n) is 10.6. The van der Waals surface area contributed by atoms with Crippen LogP contribution in [-0.4, -0.2) is 18.6 Å². The normalized spacial score (nSPS) is 11.5. The summed E-state index contributed by atoms with van der Waals surface area (Å²) in [5.74, 6) is -0.780. The number of phenols is 2. The number of benzene rings is 2. The highest BCUT2D eigenvalue weighted by molar-refractivity contribution is 7.91. The van der Waals surface area contributed by atoms with Crippen molar-refractivity contribution in [3.8, 4) is 11.5 Å². The average Bonchev–Trinajstić information content (AvgIpc) is 2.33. The summed E-state index contributed by atoms with van der Waals surface area (Å²) in [4.78, 5) is 0.161. The minimum Gasteiger partial charge on any atom is -0.504 e. The maximum atomic E-state index is 12.5. The fourth-order valence-electron chi connectivity index (χ4n) is 1.86. The molecule has 0 aliphatic rings. The molecule has 0 heterocycles. The molecule has 4 nitrogen and oxygen atoms in total. The first kappa shape index (κ1) is 13.4. The molecule has 0 atom stereocenters. The molecule has 0 bridgehead atoms.